The number of benzene rings is 1. The number of esters is 1. The number of rotatable bonds is 3. The Morgan fingerprint density at radius 3 is 2.80 bits per heavy atom. The summed E-state index contributed by atoms with van der Waals surface area (Å²) in [6.45, 7) is 0. The number of thioether (sulfide) groups is 1. The summed E-state index contributed by atoms with van der Waals surface area (Å²) in [4.78, 5) is 20.8. The number of non-ortho nitro benzene ring substituents is 1. The fraction of sp³-hybridized carbons (Fsp3) is 0.200. The zero-order valence-corrected chi connectivity index (χ0v) is 11.7. The third kappa shape index (κ3) is 2.65. The number of nitro benzene ring substituents is 1. The quantitative estimate of drug-likeness (QED) is 0.463. The molecule has 1 aromatic carbocycles. The molecule has 2 rings (SSSR count). The van der Waals surface area contributed by atoms with Gasteiger partial charge in [0.25, 0.3) is 15.7 Å². The number of hydrogen-bond acceptors (Lipinski definition) is 7. The van der Waals surface area contributed by atoms with E-state index in [1.54, 1.807) is 0 Å². The van der Waals surface area contributed by atoms with Gasteiger partial charge in [-0.1, -0.05) is 11.8 Å². The molecule has 0 fully saturated rings. The first-order chi connectivity index (χ1) is 9.35. The molecule has 0 saturated carbocycles. The van der Waals surface area contributed by atoms with E-state index < -0.39 is 20.9 Å². The molecular formula is C10H8N2O6S2. The van der Waals surface area contributed by atoms with Crippen molar-refractivity contribution in [3.05, 3.63) is 33.9 Å². The summed E-state index contributed by atoms with van der Waals surface area (Å²) in [5, 5.41) is 10.8. The zero-order valence-electron chi connectivity index (χ0n) is 10.1. The van der Waals surface area contributed by atoms with Crippen molar-refractivity contribution in [2.24, 2.45) is 4.40 Å². The van der Waals surface area contributed by atoms with E-state index in [1.807, 2.05) is 0 Å². The largest absolute Gasteiger partial charge is 0.468 e. The highest BCUT2D eigenvalue weighted by Crippen LogP contribution is 2.33. The standard InChI is InChI=1S/C10H8N2O6S2/c1-18-9(13)5-19-10-7-3-2-6(12(14)15)4-8(7)20(16,17)11-10/h2-4H,5H2,1H3. The van der Waals surface area contributed by atoms with Crippen LogP contribution in [0.1, 0.15) is 5.56 Å². The van der Waals surface area contributed by atoms with E-state index in [0.717, 1.165) is 17.8 Å². The molecule has 0 aromatic heterocycles. The molecule has 0 amide bonds. The van der Waals surface area contributed by atoms with Gasteiger partial charge in [0.1, 0.15) is 9.94 Å². The number of hydrogen-bond donors (Lipinski definition) is 0. The van der Waals surface area contributed by atoms with Crippen molar-refractivity contribution in [2.75, 3.05) is 12.9 Å². The second-order valence-electron chi connectivity index (χ2n) is 3.67. The zero-order chi connectivity index (χ0) is 14.9. The molecule has 0 unspecified atom stereocenters. The molecule has 0 aliphatic carbocycles. The molecule has 0 bridgehead atoms. The highest BCUT2D eigenvalue weighted by atomic mass is 32.2. The lowest BCUT2D eigenvalue weighted by molar-refractivity contribution is -0.385. The molecule has 10 heteroatoms. The van der Waals surface area contributed by atoms with Crippen molar-refractivity contribution in [3.8, 4) is 0 Å². The lowest BCUT2D eigenvalue weighted by Gasteiger charge is -2.01. The lowest BCUT2D eigenvalue weighted by Crippen LogP contribution is -2.06. The number of carbonyl (C=O) groups is 1. The summed E-state index contributed by atoms with van der Waals surface area (Å²) >= 11 is 0.902. The second kappa shape index (κ2) is 5.21. The van der Waals surface area contributed by atoms with Crippen LogP contribution in [0.2, 0.25) is 0 Å². The highest BCUT2D eigenvalue weighted by molar-refractivity contribution is 8.15. The maximum absolute atomic E-state index is 11.8. The number of nitro groups is 1. The minimum atomic E-state index is -3.95. The van der Waals surface area contributed by atoms with Gasteiger partial charge in [-0.15, -0.1) is 0 Å². The number of ether oxygens (including phenoxy) is 1. The van der Waals surface area contributed by atoms with Crippen LogP contribution in [0.4, 0.5) is 5.69 Å². The molecule has 0 radical (unpaired) electrons. The Morgan fingerprint density at radius 2 is 2.20 bits per heavy atom. The first kappa shape index (κ1) is 14.5. The maximum atomic E-state index is 11.8. The van der Waals surface area contributed by atoms with Crippen molar-refractivity contribution in [2.45, 2.75) is 4.90 Å². The summed E-state index contributed by atoms with van der Waals surface area (Å²) in [6, 6.07) is 3.45. The van der Waals surface area contributed by atoms with Crippen LogP contribution in [-0.4, -0.2) is 37.2 Å². The summed E-state index contributed by atoms with van der Waals surface area (Å²) < 4.78 is 31.6. The molecule has 1 aliphatic heterocycles. The third-order valence-electron chi connectivity index (χ3n) is 2.44. The van der Waals surface area contributed by atoms with E-state index >= 15 is 0 Å². The van der Waals surface area contributed by atoms with Gasteiger partial charge in [-0.25, -0.2) is 0 Å². The first-order valence-corrected chi connectivity index (χ1v) is 7.61. The summed E-state index contributed by atoms with van der Waals surface area (Å²) in [6.07, 6.45) is 0. The predicted molar refractivity (Wildman–Crippen MR) is 71.3 cm³/mol. The SMILES string of the molecule is COC(=O)CSC1=NS(=O)(=O)c2cc([N+](=O)[O-])ccc21. The molecule has 0 spiro atoms. The molecule has 0 N–H and O–H groups in total. The van der Waals surface area contributed by atoms with Crippen molar-refractivity contribution in [1.82, 2.24) is 0 Å². The number of fused-ring (bicyclic) bond motifs is 1. The summed E-state index contributed by atoms with van der Waals surface area (Å²) in [7, 11) is -2.74. The van der Waals surface area contributed by atoms with Crippen molar-refractivity contribution < 1.29 is 22.9 Å². The van der Waals surface area contributed by atoms with Crippen LogP contribution in [0.15, 0.2) is 27.5 Å². The minimum Gasteiger partial charge on any atom is -0.468 e. The van der Waals surface area contributed by atoms with Gasteiger partial charge in [-0.05, 0) is 6.07 Å². The summed E-state index contributed by atoms with van der Waals surface area (Å²) in [5.74, 6) is -0.619. The predicted octanol–water partition coefficient (Wildman–Crippen LogP) is 0.950. The second-order valence-corrected chi connectivity index (χ2v) is 6.21. The van der Waals surface area contributed by atoms with Crippen LogP contribution in [0.25, 0.3) is 0 Å². The van der Waals surface area contributed by atoms with E-state index in [1.165, 1.54) is 19.2 Å². The number of carbonyl (C=O) groups excluding carboxylic acids is 1. The Balaban J connectivity index is 2.38. The fourth-order valence-electron chi connectivity index (χ4n) is 1.51. The molecule has 0 saturated heterocycles. The van der Waals surface area contributed by atoms with E-state index in [-0.39, 0.29) is 26.9 Å². The molecule has 20 heavy (non-hydrogen) atoms. The van der Waals surface area contributed by atoms with E-state index in [4.69, 9.17) is 0 Å². The van der Waals surface area contributed by atoms with Crippen LogP contribution in [0.3, 0.4) is 0 Å². The van der Waals surface area contributed by atoms with Crippen LogP contribution >= 0.6 is 11.8 Å². The van der Waals surface area contributed by atoms with Gasteiger partial charge < -0.3 is 4.74 Å². The van der Waals surface area contributed by atoms with Gasteiger partial charge in [0.15, 0.2) is 0 Å². The number of nitrogens with zero attached hydrogens (tertiary/aromatic N) is 2. The van der Waals surface area contributed by atoms with Gasteiger partial charge >= 0.3 is 5.97 Å². The van der Waals surface area contributed by atoms with Crippen molar-refractivity contribution >= 4 is 38.5 Å². The molecule has 0 atom stereocenters. The normalized spacial score (nSPS) is 15.3. The molecule has 1 heterocycles. The Labute approximate surface area is 118 Å². The fourth-order valence-corrected chi connectivity index (χ4v) is 3.92. The van der Waals surface area contributed by atoms with E-state index in [9.17, 15) is 23.3 Å². The summed E-state index contributed by atoms with van der Waals surface area (Å²) in [5.41, 5.74) is -0.0776. The van der Waals surface area contributed by atoms with Crippen molar-refractivity contribution in [3.63, 3.8) is 0 Å². The van der Waals surface area contributed by atoms with Crippen LogP contribution in [0.5, 0.6) is 0 Å². The number of sulfonamides is 1. The molecule has 8 nitrogen and oxygen atoms in total. The Hall–Kier alpha value is -1.94. The maximum Gasteiger partial charge on any atom is 0.316 e. The Bertz CT molecular complexity index is 725. The van der Waals surface area contributed by atoms with Crippen molar-refractivity contribution in [1.29, 1.82) is 0 Å². The highest BCUT2D eigenvalue weighted by Gasteiger charge is 2.31. The average Bonchev–Trinajstić information content (AvgIpc) is 2.67. The lowest BCUT2D eigenvalue weighted by atomic mass is 10.2. The first-order valence-electron chi connectivity index (χ1n) is 5.18. The molecule has 1 aliphatic rings. The third-order valence-corrected chi connectivity index (χ3v) is 4.84. The van der Waals surface area contributed by atoms with Crippen LogP contribution < -0.4 is 0 Å². The van der Waals surface area contributed by atoms with E-state index in [2.05, 4.69) is 9.13 Å². The Kier molecular flexibility index (Phi) is 3.77. The van der Waals surface area contributed by atoms with Gasteiger partial charge in [-0.3, -0.25) is 14.9 Å². The van der Waals surface area contributed by atoms with E-state index in [0.29, 0.717) is 0 Å². The monoisotopic (exact) mass is 316 g/mol. The molecule has 1 aromatic rings. The molecular weight excluding hydrogens is 308 g/mol. The average molecular weight is 316 g/mol. The van der Waals surface area contributed by atoms with Crippen LogP contribution in [-0.2, 0) is 19.6 Å². The van der Waals surface area contributed by atoms with Crippen LogP contribution in [0, 0.1) is 10.1 Å². The van der Waals surface area contributed by atoms with Gasteiger partial charge in [0, 0.05) is 17.7 Å². The number of methoxy groups -OCH3 is 1. The van der Waals surface area contributed by atoms with Gasteiger partial charge in [0.05, 0.1) is 17.8 Å². The Morgan fingerprint density at radius 1 is 1.50 bits per heavy atom. The minimum absolute atomic E-state index is 0.0960. The molecule has 106 valence electrons. The van der Waals surface area contributed by atoms with Gasteiger partial charge in [0.2, 0.25) is 0 Å². The smallest absolute Gasteiger partial charge is 0.316 e. The topological polar surface area (TPSA) is 116 Å². The van der Waals surface area contributed by atoms with Gasteiger partial charge in [-0.2, -0.15) is 12.8 Å².